The molecule has 7 heteroatoms. The standard InChI is InChI=1S/C22H22N2O5/c1-13(18(25)23-22(2,3)4)29-21(28)14-9-11-15(12-10-14)24-19(26)16-7-5-6-8-17(16)20(24)27/h5-13H,1-4H3,(H,23,25)/t13-/m0/s1. The average molecular weight is 394 g/mol. The first-order valence-electron chi connectivity index (χ1n) is 9.19. The van der Waals surface area contributed by atoms with Crippen LogP contribution in [0.15, 0.2) is 48.5 Å². The summed E-state index contributed by atoms with van der Waals surface area (Å²) < 4.78 is 5.20. The van der Waals surface area contributed by atoms with E-state index in [1.165, 1.54) is 31.2 Å². The third kappa shape index (κ3) is 4.18. The summed E-state index contributed by atoms with van der Waals surface area (Å²) in [7, 11) is 0. The van der Waals surface area contributed by atoms with Crippen LogP contribution in [0.1, 0.15) is 58.8 Å². The van der Waals surface area contributed by atoms with Crippen LogP contribution in [0.4, 0.5) is 5.69 Å². The summed E-state index contributed by atoms with van der Waals surface area (Å²) in [6.07, 6.45) is -0.961. The fraction of sp³-hybridized carbons (Fsp3) is 0.273. The fourth-order valence-electron chi connectivity index (χ4n) is 2.92. The number of fused-ring (bicyclic) bond motifs is 1. The molecule has 150 valence electrons. The molecule has 0 aromatic heterocycles. The molecule has 0 spiro atoms. The van der Waals surface area contributed by atoms with Crippen LogP contribution >= 0.6 is 0 Å². The van der Waals surface area contributed by atoms with Gasteiger partial charge in [-0.25, -0.2) is 9.69 Å². The van der Waals surface area contributed by atoms with Crippen molar-refractivity contribution < 1.29 is 23.9 Å². The molecule has 29 heavy (non-hydrogen) atoms. The Morgan fingerprint density at radius 3 is 1.93 bits per heavy atom. The zero-order chi connectivity index (χ0) is 21.3. The van der Waals surface area contributed by atoms with Gasteiger partial charge in [-0.3, -0.25) is 14.4 Å². The number of rotatable bonds is 4. The van der Waals surface area contributed by atoms with Crippen LogP contribution in [-0.2, 0) is 9.53 Å². The van der Waals surface area contributed by atoms with Crippen LogP contribution < -0.4 is 10.2 Å². The number of benzene rings is 2. The number of hydrogen-bond acceptors (Lipinski definition) is 5. The maximum Gasteiger partial charge on any atom is 0.338 e. The van der Waals surface area contributed by atoms with E-state index in [0.29, 0.717) is 16.8 Å². The van der Waals surface area contributed by atoms with E-state index in [-0.39, 0.29) is 5.56 Å². The molecule has 0 fully saturated rings. The molecule has 0 saturated heterocycles. The van der Waals surface area contributed by atoms with Crippen LogP contribution in [0.3, 0.4) is 0 Å². The lowest BCUT2D eigenvalue weighted by atomic mass is 10.1. The Bertz CT molecular complexity index is 954. The van der Waals surface area contributed by atoms with Gasteiger partial charge in [0.05, 0.1) is 22.4 Å². The van der Waals surface area contributed by atoms with Crippen molar-refractivity contribution in [1.29, 1.82) is 0 Å². The Hall–Kier alpha value is -3.48. The van der Waals surface area contributed by atoms with E-state index in [1.807, 2.05) is 20.8 Å². The molecule has 7 nitrogen and oxygen atoms in total. The van der Waals surface area contributed by atoms with Crippen LogP contribution in [0.2, 0.25) is 0 Å². The topological polar surface area (TPSA) is 92.8 Å². The van der Waals surface area contributed by atoms with Gasteiger partial charge in [0.1, 0.15) is 0 Å². The van der Waals surface area contributed by atoms with E-state index >= 15 is 0 Å². The van der Waals surface area contributed by atoms with Gasteiger partial charge in [-0.1, -0.05) is 12.1 Å². The highest BCUT2D eigenvalue weighted by Crippen LogP contribution is 2.28. The zero-order valence-electron chi connectivity index (χ0n) is 16.7. The maximum atomic E-state index is 12.5. The Balaban J connectivity index is 1.71. The van der Waals surface area contributed by atoms with Gasteiger partial charge in [0.15, 0.2) is 6.10 Å². The molecule has 0 unspecified atom stereocenters. The lowest BCUT2D eigenvalue weighted by Gasteiger charge is -2.23. The fourth-order valence-corrected chi connectivity index (χ4v) is 2.92. The molecule has 0 saturated carbocycles. The average Bonchev–Trinajstić information content (AvgIpc) is 2.91. The van der Waals surface area contributed by atoms with Gasteiger partial charge >= 0.3 is 5.97 Å². The summed E-state index contributed by atoms with van der Waals surface area (Å²) in [5.41, 5.74) is 0.817. The smallest absolute Gasteiger partial charge is 0.338 e. The molecule has 1 heterocycles. The Kier molecular flexibility index (Phi) is 5.24. The maximum absolute atomic E-state index is 12.5. The van der Waals surface area contributed by atoms with E-state index < -0.39 is 35.3 Å². The monoisotopic (exact) mass is 394 g/mol. The van der Waals surface area contributed by atoms with Crippen molar-refractivity contribution in [3.05, 3.63) is 65.2 Å². The minimum Gasteiger partial charge on any atom is -0.449 e. The Morgan fingerprint density at radius 2 is 1.45 bits per heavy atom. The van der Waals surface area contributed by atoms with E-state index in [2.05, 4.69) is 5.32 Å². The number of amides is 3. The predicted molar refractivity (Wildman–Crippen MR) is 107 cm³/mol. The Morgan fingerprint density at radius 1 is 0.931 bits per heavy atom. The molecular formula is C22H22N2O5. The summed E-state index contributed by atoms with van der Waals surface area (Å²) in [6.45, 7) is 6.98. The summed E-state index contributed by atoms with van der Waals surface area (Å²) in [5, 5.41) is 2.74. The third-order valence-corrected chi connectivity index (χ3v) is 4.31. The van der Waals surface area contributed by atoms with Gasteiger partial charge in [0, 0.05) is 5.54 Å². The minimum atomic E-state index is -0.961. The largest absolute Gasteiger partial charge is 0.449 e. The molecule has 1 N–H and O–H groups in total. The highest BCUT2D eigenvalue weighted by atomic mass is 16.5. The number of imide groups is 1. The van der Waals surface area contributed by atoms with Gasteiger partial charge in [0.25, 0.3) is 17.7 Å². The van der Waals surface area contributed by atoms with Gasteiger partial charge in [-0.05, 0) is 64.1 Å². The molecule has 1 aliphatic heterocycles. The van der Waals surface area contributed by atoms with Crippen LogP contribution in [0.5, 0.6) is 0 Å². The van der Waals surface area contributed by atoms with Crippen molar-refractivity contribution in [3.8, 4) is 0 Å². The second kappa shape index (κ2) is 7.50. The Labute approximate surface area is 168 Å². The van der Waals surface area contributed by atoms with E-state index in [9.17, 15) is 19.2 Å². The third-order valence-electron chi connectivity index (χ3n) is 4.31. The first-order chi connectivity index (χ1) is 13.6. The highest BCUT2D eigenvalue weighted by molar-refractivity contribution is 6.34. The van der Waals surface area contributed by atoms with Crippen molar-refractivity contribution in [2.45, 2.75) is 39.3 Å². The number of carbonyl (C=O) groups excluding carboxylic acids is 4. The second-order valence-corrected chi connectivity index (χ2v) is 7.82. The molecule has 1 atom stereocenters. The predicted octanol–water partition coefficient (Wildman–Crippen LogP) is 2.95. The summed E-state index contributed by atoms with van der Waals surface area (Å²) in [4.78, 5) is 50.5. The number of ether oxygens (including phenoxy) is 1. The molecule has 0 radical (unpaired) electrons. The second-order valence-electron chi connectivity index (χ2n) is 7.82. The van der Waals surface area contributed by atoms with E-state index in [1.54, 1.807) is 24.3 Å². The van der Waals surface area contributed by atoms with Gasteiger partial charge in [0.2, 0.25) is 0 Å². The zero-order valence-corrected chi connectivity index (χ0v) is 16.7. The number of nitrogens with zero attached hydrogens (tertiary/aromatic N) is 1. The highest BCUT2D eigenvalue weighted by Gasteiger charge is 2.36. The van der Waals surface area contributed by atoms with Gasteiger partial charge in [-0.2, -0.15) is 0 Å². The van der Waals surface area contributed by atoms with Crippen LogP contribution in [0, 0.1) is 0 Å². The van der Waals surface area contributed by atoms with Crippen LogP contribution in [-0.4, -0.2) is 35.3 Å². The van der Waals surface area contributed by atoms with Crippen molar-refractivity contribution in [1.82, 2.24) is 5.32 Å². The minimum absolute atomic E-state index is 0.209. The van der Waals surface area contributed by atoms with Crippen molar-refractivity contribution in [2.24, 2.45) is 0 Å². The quantitative estimate of drug-likeness (QED) is 0.636. The number of esters is 1. The molecular weight excluding hydrogens is 372 g/mol. The van der Waals surface area contributed by atoms with Crippen LogP contribution in [0.25, 0.3) is 0 Å². The first kappa shape index (κ1) is 20.3. The van der Waals surface area contributed by atoms with Gasteiger partial charge < -0.3 is 10.1 Å². The van der Waals surface area contributed by atoms with Crippen molar-refractivity contribution in [2.75, 3.05) is 4.90 Å². The SMILES string of the molecule is C[C@H](OC(=O)c1ccc(N2C(=O)c3ccccc3C2=O)cc1)C(=O)NC(C)(C)C. The molecule has 0 aliphatic carbocycles. The van der Waals surface area contributed by atoms with Gasteiger partial charge in [-0.15, -0.1) is 0 Å². The molecule has 3 amide bonds. The van der Waals surface area contributed by atoms with Crippen molar-refractivity contribution in [3.63, 3.8) is 0 Å². The molecule has 3 rings (SSSR count). The summed E-state index contributed by atoms with van der Waals surface area (Å²) in [6, 6.07) is 12.5. The molecule has 1 aliphatic rings. The first-order valence-corrected chi connectivity index (χ1v) is 9.19. The number of anilines is 1. The molecule has 2 aromatic carbocycles. The van der Waals surface area contributed by atoms with E-state index in [4.69, 9.17) is 4.74 Å². The lowest BCUT2D eigenvalue weighted by molar-refractivity contribution is -0.130. The normalized spacial score (nSPS) is 14.4. The number of hydrogen-bond donors (Lipinski definition) is 1. The summed E-state index contributed by atoms with van der Waals surface area (Å²) >= 11 is 0. The van der Waals surface area contributed by atoms with Crippen molar-refractivity contribution >= 4 is 29.4 Å². The molecule has 0 bridgehead atoms. The number of nitrogens with one attached hydrogen (secondary N) is 1. The molecule has 2 aromatic rings. The summed E-state index contributed by atoms with van der Waals surface area (Å²) in [5.74, 6) is -1.88. The number of carbonyl (C=O) groups is 4. The lowest BCUT2D eigenvalue weighted by Crippen LogP contribution is -2.46. The van der Waals surface area contributed by atoms with E-state index in [0.717, 1.165) is 4.90 Å².